The van der Waals surface area contributed by atoms with Crippen LogP contribution in [0.1, 0.15) is 45.6 Å². The van der Waals surface area contributed by atoms with E-state index < -0.39 is 0 Å². The monoisotopic (exact) mass is 356 g/mol. The number of hydrogen-bond acceptors (Lipinski definition) is 5. The molecule has 24 heavy (non-hydrogen) atoms. The average molecular weight is 357 g/mol. The van der Waals surface area contributed by atoms with Crippen molar-refractivity contribution in [3.8, 4) is 0 Å². The van der Waals surface area contributed by atoms with Gasteiger partial charge in [-0.2, -0.15) is 5.10 Å². The van der Waals surface area contributed by atoms with Gasteiger partial charge in [0.2, 0.25) is 0 Å². The maximum Gasteiger partial charge on any atom is 0.287 e. The SMILES string of the molecule is CC.O=c1c(Cl)c(NCC2CCCOC2)cnn1C1CCNCC1. The summed E-state index contributed by atoms with van der Waals surface area (Å²) in [6.45, 7) is 8.21. The number of ether oxygens (including phenoxy) is 1. The molecule has 0 aromatic carbocycles. The first kappa shape index (κ1) is 19.2. The molecule has 0 radical (unpaired) electrons. The molecular weight excluding hydrogens is 328 g/mol. The minimum absolute atomic E-state index is 0.145. The predicted octanol–water partition coefficient (Wildman–Crippen LogP) is 2.69. The minimum atomic E-state index is -0.196. The van der Waals surface area contributed by atoms with E-state index in [-0.39, 0.29) is 16.6 Å². The average Bonchev–Trinajstić information content (AvgIpc) is 2.66. The van der Waals surface area contributed by atoms with Gasteiger partial charge in [-0.05, 0) is 44.7 Å². The predicted molar refractivity (Wildman–Crippen MR) is 98.0 cm³/mol. The van der Waals surface area contributed by atoms with Crippen LogP contribution in [0.4, 0.5) is 5.69 Å². The molecular formula is C17H29ClN4O2. The van der Waals surface area contributed by atoms with E-state index in [1.165, 1.54) is 4.68 Å². The van der Waals surface area contributed by atoms with Gasteiger partial charge in [0.15, 0.2) is 0 Å². The lowest BCUT2D eigenvalue weighted by Crippen LogP contribution is -2.36. The van der Waals surface area contributed by atoms with E-state index in [1.54, 1.807) is 6.20 Å². The van der Waals surface area contributed by atoms with Gasteiger partial charge in [0.25, 0.3) is 5.56 Å². The fraction of sp³-hybridized carbons (Fsp3) is 0.765. The highest BCUT2D eigenvalue weighted by Crippen LogP contribution is 2.21. The molecule has 1 atom stereocenters. The Bertz CT molecular complexity index is 552. The van der Waals surface area contributed by atoms with E-state index in [0.717, 1.165) is 58.5 Å². The Hall–Kier alpha value is -1.11. The molecule has 6 nitrogen and oxygen atoms in total. The number of nitrogens with zero attached hydrogens (tertiary/aromatic N) is 2. The van der Waals surface area contributed by atoms with Crippen LogP contribution in [-0.4, -0.2) is 42.6 Å². The Kier molecular flexibility index (Phi) is 8.02. The van der Waals surface area contributed by atoms with E-state index in [4.69, 9.17) is 16.3 Å². The molecule has 0 amide bonds. The molecule has 7 heteroatoms. The first-order valence-corrected chi connectivity index (χ1v) is 9.43. The van der Waals surface area contributed by atoms with Gasteiger partial charge in [-0.15, -0.1) is 0 Å². The smallest absolute Gasteiger partial charge is 0.287 e. The molecule has 2 aliphatic heterocycles. The topological polar surface area (TPSA) is 68.2 Å². The zero-order valence-electron chi connectivity index (χ0n) is 14.7. The molecule has 3 heterocycles. The Morgan fingerprint density at radius 1 is 1.38 bits per heavy atom. The van der Waals surface area contributed by atoms with Crippen LogP contribution in [0.5, 0.6) is 0 Å². The van der Waals surface area contributed by atoms with Gasteiger partial charge >= 0.3 is 0 Å². The first-order valence-electron chi connectivity index (χ1n) is 9.05. The second-order valence-electron chi connectivity index (χ2n) is 6.07. The quantitative estimate of drug-likeness (QED) is 0.868. The van der Waals surface area contributed by atoms with E-state index in [1.807, 2.05) is 13.8 Å². The van der Waals surface area contributed by atoms with Crippen LogP contribution in [0, 0.1) is 5.92 Å². The molecule has 0 aliphatic carbocycles. The fourth-order valence-corrected chi connectivity index (χ4v) is 3.30. The summed E-state index contributed by atoms with van der Waals surface area (Å²) >= 11 is 6.25. The summed E-state index contributed by atoms with van der Waals surface area (Å²) < 4.78 is 7.00. The molecule has 0 spiro atoms. The lowest BCUT2D eigenvalue weighted by molar-refractivity contribution is 0.0595. The summed E-state index contributed by atoms with van der Waals surface area (Å²) in [6.07, 6.45) is 5.74. The van der Waals surface area contributed by atoms with Crippen molar-refractivity contribution < 1.29 is 4.74 Å². The van der Waals surface area contributed by atoms with Gasteiger partial charge in [0, 0.05) is 13.2 Å². The second-order valence-corrected chi connectivity index (χ2v) is 6.45. The van der Waals surface area contributed by atoms with E-state index in [2.05, 4.69) is 15.7 Å². The molecule has 1 aromatic heterocycles. The summed E-state index contributed by atoms with van der Waals surface area (Å²) in [5.41, 5.74) is 0.431. The maximum atomic E-state index is 12.4. The molecule has 2 fully saturated rings. The lowest BCUT2D eigenvalue weighted by atomic mass is 10.0. The summed E-state index contributed by atoms with van der Waals surface area (Å²) in [7, 11) is 0. The second kappa shape index (κ2) is 10.0. The Balaban J connectivity index is 0.00000100. The molecule has 0 saturated carbocycles. The number of hydrogen-bond donors (Lipinski definition) is 2. The van der Waals surface area contributed by atoms with Gasteiger partial charge in [0.1, 0.15) is 5.02 Å². The molecule has 136 valence electrons. The number of rotatable bonds is 4. The van der Waals surface area contributed by atoms with Crippen LogP contribution < -0.4 is 16.2 Å². The largest absolute Gasteiger partial charge is 0.382 e. The van der Waals surface area contributed by atoms with Gasteiger partial charge in [-0.25, -0.2) is 4.68 Å². The number of anilines is 1. The third-order valence-corrected chi connectivity index (χ3v) is 4.80. The summed E-state index contributed by atoms with van der Waals surface area (Å²) in [5, 5.41) is 11.1. The summed E-state index contributed by atoms with van der Waals surface area (Å²) in [4.78, 5) is 12.4. The van der Waals surface area contributed by atoms with Crippen molar-refractivity contribution in [2.45, 2.75) is 45.6 Å². The third kappa shape index (κ3) is 4.94. The van der Waals surface area contributed by atoms with Crippen molar-refractivity contribution in [3.05, 3.63) is 21.6 Å². The molecule has 1 unspecified atom stereocenters. The fourth-order valence-electron chi connectivity index (χ4n) is 3.10. The van der Waals surface area contributed by atoms with Gasteiger partial charge in [0.05, 0.1) is 24.5 Å². The normalized spacial score (nSPS) is 21.7. The molecule has 2 aliphatic rings. The van der Waals surface area contributed by atoms with Crippen LogP contribution in [0.2, 0.25) is 5.02 Å². The molecule has 0 bridgehead atoms. The van der Waals surface area contributed by atoms with Crippen LogP contribution in [0.25, 0.3) is 0 Å². The van der Waals surface area contributed by atoms with Crippen molar-refractivity contribution >= 4 is 17.3 Å². The van der Waals surface area contributed by atoms with E-state index in [9.17, 15) is 4.79 Å². The number of nitrogens with one attached hydrogen (secondary N) is 2. The Morgan fingerprint density at radius 2 is 2.12 bits per heavy atom. The third-order valence-electron chi connectivity index (χ3n) is 4.43. The van der Waals surface area contributed by atoms with Crippen molar-refractivity contribution in [2.24, 2.45) is 5.92 Å². The zero-order valence-corrected chi connectivity index (χ0v) is 15.4. The van der Waals surface area contributed by atoms with E-state index >= 15 is 0 Å². The van der Waals surface area contributed by atoms with Crippen molar-refractivity contribution in [1.82, 2.24) is 15.1 Å². The number of aromatic nitrogens is 2. The van der Waals surface area contributed by atoms with Gasteiger partial charge < -0.3 is 15.4 Å². The standard InChI is InChI=1S/C15H23ClN4O2.C2H6/c16-14-13(18-8-11-2-1-7-22-10-11)9-19-20(15(14)21)12-3-5-17-6-4-12;1-2/h9,11-12,17-18H,1-8,10H2;1-2H3. The van der Waals surface area contributed by atoms with Crippen molar-refractivity contribution in [2.75, 3.05) is 38.2 Å². The van der Waals surface area contributed by atoms with E-state index in [0.29, 0.717) is 11.6 Å². The van der Waals surface area contributed by atoms with Crippen LogP contribution in [0.15, 0.2) is 11.0 Å². The van der Waals surface area contributed by atoms with Crippen LogP contribution in [0.3, 0.4) is 0 Å². The highest BCUT2D eigenvalue weighted by molar-refractivity contribution is 6.32. The maximum absolute atomic E-state index is 12.4. The highest BCUT2D eigenvalue weighted by atomic mass is 35.5. The number of halogens is 1. The molecule has 1 aromatic rings. The zero-order chi connectivity index (χ0) is 17.4. The van der Waals surface area contributed by atoms with Crippen molar-refractivity contribution in [1.29, 1.82) is 0 Å². The summed E-state index contributed by atoms with van der Waals surface area (Å²) in [5.74, 6) is 0.469. The lowest BCUT2D eigenvalue weighted by Gasteiger charge is -2.25. The van der Waals surface area contributed by atoms with Crippen LogP contribution in [-0.2, 0) is 4.74 Å². The number of piperidine rings is 1. The van der Waals surface area contributed by atoms with Crippen molar-refractivity contribution in [3.63, 3.8) is 0 Å². The van der Waals surface area contributed by atoms with Gasteiger partial charge in [-0.1, -0.05) is 25.4 Å². The Labute approximate surface area is 148 Å². The highest BCUT2D eigenvalue weighted by Gasteiger charge is 2.20. The molecule has 3 rings (SSSR count). The molecule has 2 N–H and O–H groups in total. The minimum Gasteiger partial charge on any atom is -0.382 e. The first-order chi connectivity index (χ1) is 11.8. The summed E-state index contributed by atoms with van der Waals surface area (Å²) in [6, 6.07) is 0.145. The molecule has 2 saturated heterocycles. The van der Waals surface area contributed by atoms with Gasteiger partial charge in [-0.3, -0.25) is 4.79 Å². The van der Waals surface area contributed by atoms with Crippen LogP contribution >= 0.6 is 11.6 Å². The Morgan fingerprint density at radius 3 is 2.79 bits per heavy atom.